The highest BCUT2D eigenvalue weighted by Gasteiger charge is 2.40. The molecule has 1 amide bonds. The first kappa shape index (κ1) is 28.6. The lowest BCUT2D eigenvalue weighted by Gasteiger charge is -2.49. The molecule has 2 fully saturated rings. The van der Waals surface area contributed by atoms with E-state index < -0.39 is 11.7 Å². The number of aromatic nitrogens is 1. The molecule has 4 rings (SSSR count). The van der Waals surface area contributed by atoms with E-state index in [-0.39, 0.29) is 33.0 Å². The van der Waals surface area contributed by atoms with E-state index in [9.17, 15) is 18.0 Å². The number of pyridine rings is 1. The van der Waals surface area contributed by atoms with Gasteiger partial charge in [0, 0.05) is 36.9 Å². The van der Waals surface area contributed by atoms with Crippen molar-refractivity contribution in [2.24, 2.45) is 11.1 Å². The minimum Gasteiger partial charge on any atom is -0.396 e. The molecule has 2 aromatic rings. The number of hydrogen-bond acceptors (Lipinski definition) is 5. The van der Waals surface area contributed by atoms with Crippen LogP contribution in [0.25, 0.3) is 0 Å². The molecule has 206 valence electrons. The summed E-state index contributed by atoms with van der Waals surface area (Å²) >= 11 is 12.4. The van der Waals surface area contributed by atoms with Crippen LogP contribution in [0.15, 0.2) is 41.8 Å². The Morgan fingerprint density at radius 1 is 1.08 bits per heavy atom. The molecular formula is C27H31Cl2F3N4O2. The maximum atomic E-state index is 13.1. The molecule has 0 saturated carbocycles. The average Bonchev–Trinajstić information content (AvgIpc) is 2.89. The number of alkyl halides is 3. The third-order valence-electron chi connectivity index (χ3n) is 7.64. The van der Waals surface area contributed by atoms with Crippen LogP contribution in [0.3, 0.4) is 0 Å². The van der Waals surface area contributed by atoms with E-state index in [1.807, 2.05) is 6.92 Å². The number of nitrogens with zero attached hydrogens (tertiary/aromatic N) is 4. The molecule has 2 aliphatic rings. The molecule has 2 saturated heterocycles. The number of hydrogen-bond donors (Lipinski definition) is 0. The number of piperidine rings is 2. The first-order valence-electron chi connectivity index (χ1n) is 12.7. The summed E-state index contributed by atoms with van der Waals surface area (Å²) in [7, 11) is 0. The zero-order valence-corrected chi connectivity index (χ0v) is 22.9. The van der Waals surface area contributed by atoms with Crippen LogP contribution in [0.4, 0.5) is 13.2 Å². The van der Waals surface area contributed by atoms with E-state index in [1.54, 1.807) is 4.90 Å². The molecule has 1 aromatic heterocycles. The second-order valence-corrected chi connectivity index (χ2v) is 10.8. The van der Waals surface area contributed by atoms with Gasteiger partial charge in [-0.05, 0) is 70.3 Å². The van der Waals surface area contributed by atoms with E-state index in [4.69, 9.17) is 28.0 Å². The summed E-state index contributed by atoms with van der Waals surface area (Å²) in [5.41, 5.74) is 0.877. The van der Waals surface area contributed by atoms with Gasteiger partial charge in [0.05, 0.1) is 26.9 Å². The van der Waals surface area contributed by atoms with Crippen LogP contribution in [-0.2, 0) is 11.0 Å². The van der Waals surface area contributed by atoms with Gasteiger partial charge in [0.1, 0.15) is 6.61 Å². The number of carbonyl (C=O) groups excluding carboxylic acids is 1. The molecule has 0 unspecified atom stereocenters. The number of likely N-dealkylation sites (tertiary alicyclic amines) is 2. The van der Waals surface area contributed by atoms with Gasteiger partial charge >= 0.3 is 6.18 Å². The van der Waals surface area contributed by atoms with Gasteiger partial charge < -0.3 is 9.74 Å². The van der Waals surface area contributed by atoms with E-state index in [0.717, 1.165) is 50.9 Å². The summed E-state index contributed by atoms with van der Waals surface area (Å²) in [5.74, 6) is -0.104. The molecule has 1 aromatic carbocycles. The first-order valence-corrected chi connectivity index (χ1v) is 13.5. The van der Waals surface area contributed by atoms with Gasteiger partial charge in [-0.2, -0.15) is 13.2 Å². The fraction of sp³-hybridized carbons (Fsp3) is 0.519. The standard InChI is InChI=1S/C27H31Cl2F3N4O2/c1-3-38-34-24(18-4-6-20(7-5-18)27(30,31)32)19-8-12-36(13-9-19)26(2)10-14-35(15-11-26)25(37)23-21(28)16-33-17-22(23)29/h4-7,16-17,19H,3,8-15H2,1-2H3/b34-24-. The number of amides is 1. The van der Waals surface area contributed by atoms with Crippen LogP contribution in [0.1, 0.15) is 61.0 Å². The first-order chi connectivity index (χ1) is 18.0. The predicted octanol–water partition coefficient (Wildman–Crippen LogP) is 6.55. The summed E-state index contributed by atoms with van der Waals surface area (Å²) < 4.78 is 39.1. The Balaban J connectivity index is 1.39. The fourth-order valence-corrected chi connectivity index (χ4v) is 5.83. The van der Waals surface area contributed by atoms with Crippen molar-refractivity contribution in [1.29, 1.82) is 0 Å². The molecule has 0 radical (unpaired) electrons. The van der Waals surface area contributed by atoms with Crippen molar-refractivity contribution in [1.82, 2.24) is 14.8 Å². The van der Waals surface area contributed by atoms with Crippen LogP contribution in [0.2, 0.25) is 10.0 Å². The van der Waals surface area contributed by atoms with Gasteiger partial charge in [0.15, 0.2) is 0 Å². The van der Waals surface area contributed by atoms with E-state index >= 15 is 0 Å². The topological polar surface area (TPSA) is 58.0 Å². The lowest BCUT2D eigenvalue weighted by molar-refractivity contribution is -0.137. The zero-order valence-electron chi connectivity index (χ0n) is 21.4. The van der Waals surface area contributed by atoms with Crippen molar-refractivity contribution >= 4 is 34.8 Å². The Hall–Kier alpha value is -2.36. The number of carbonyl (C=O) groups is 1. The summed E-state index contributed by atoms with van der Waals surface area (Å²) in [5, 5.41) is 4.79. The quantitative estimate of drug-likeness (QED) is 0.291. The van der Waals surface area contributed by atoms with Gasteiger partial charge in [0.2, 0.25) is 0 Å². The van der Waals surface area contributed by atoms with Crippen molar-refractivity contribution in [3.63, 3.8) is 0 Å². The Labute approximate surface area is 230 Å². The van der Waals surface area contributed by atoms with Gasteiger partial charge in [-0.3, -0.25) is 14.7 Å². The second kappa shape index (κ2) is 11.8. The molecule has 6 nitrogen and oxygen atoms in total. The maximum absolute atomic E-state index is 13.1. The molecule has 11 heteroatoms. The van der Waals surface area contributed by atoms with E-state index in [2.05, 4.69) is 22.0 Å². The molecule has 0 bridgehead atoms. The summed E-state index contributed by atoms with van der Waals surface area (Å²) in [4.78, 5) is 26.6. The third kappa shape index (κ3) is 6.26. The lowest BCUT2D eigenvalue weighted by atomic mass is 9.82. The summed E-state index contributed by atoms with van der Waals surface area (Å²) in [6.45, 7) is 7.26. The third-order valence-corrected chi connectivity index (χ3v) is 8.21. The molecule has 0 spiro atoms. The van der Waals surface area contributed by atoms with Gasteiger partial charge in [-0.15, -0.1) is 0 Å². The van der Waals surface area contributed by atoms with Crippen molar-refractivity contribution in [3.05, 3.63) is 63.4 Å². The van der Waals surface area contributed by atoms with Crippen LogP contribution in [0, 0.1) is 5.92 Å². The smallest absolute Gasteiger partial charge is 0.396 e. The number of oxime groups is 1. The van der Waals surface area contributed by atoms with Gasteiger partial charge in [-0.1, -0.05) is 40.5 Å². The lowest BCUT2D eigenvalue weighted by Crippen LogP contribution is -2.56. The molecule has 38 heavy (non-hydrogen) atoms. The summed E-state index contributed by atoms with van der Waals surface area (Å²) in [6, 6.07) is 5.13. The normalized spacial score (nSPS) is 19.4. The summed E-state index contributed by atoms with van der Waals surface area (Å²) in [6.07, 6.45) is 1.71. The van der Waals surface area contributed by atoms with Crippen molar-refractivity contribution < 1.29 is 22.8 Å². The highest BCUT2D eigenvalue weighted by atomic mass is 35.5. The van der Waals surface area contributed by atoms with Crippen LogP contribution >= 0.6 is 23.2 Å². The molecule has 3 heterocycles. The van der Waals surface area contributed by atoms with Crippen molar-refractivity contribution in [2.75, 3.05) is 32.8 Å². The minimum absolute atomic E-state index is 0.0703. The van der Waals surface area contributed by atoms with Crippen LogP contribution in [0.5, 0.6) is 0 Å². The van der Waals surface area contributed by atoms with Crippen LogP contribution in [-0.4, -0.2) is 64.7 Å². The maximum Gasteiger partial charge on any atom is 0.416 e. The average molecular weight is 571 g/mol. The Bertz CT molecular complexity index is 1140. The number of benzene rings is 1. The Morgan fingerprint density at radius 3 is 2.18 bits per heavy atom. The molecule has 0 N–H and O–H groups in total. The fourth-order valence-electron chi connectivity index (χ4n) is 5.30. The molecular weight excluding hydrogens is 540 g/mol. The molecule has 0 aliphatic carbocycles. The van der Waals surface area contributed by atoms with E-state index in [0.29, 0.717) is 31.0 Å². The zero-order chi connectivity index (χ0) is 27.5. The van der Waals surface area contributed by atoms with Crippen LogP contribution < -0.4 is 0 Å². The highest BCUT2D eigenvalue weighted by Crippen LogP contribution is 2.35. The van der Waals surface area contributed by atoms with Gasteiger partial charge in [-0.25, -0.2) is 0 Å². The van der Waals surface area contributed by atoms with Crippen molar-refractivity contribution in [3.8, 4) is 0 Å². The number of rotatable bonds is 6. The Kier molecular flexibility index (Phi) is 8.89. The predicted molar refractivity (Wildman–Crippen MR) is 142 cm³/mol. The minimum atomic E-state index is -4.38. The molecule has 2 aliphatic heterocycles. The highest BCUT2D eigenvalue weighted by molar-refractivity contribution is 6.39. The Morgan fingerprint density at radius 2 is 1.66 bits per heavy atom. The molecule has 0 atom stereocenters. The van der Waals surface area contributed by atoms with E-state index in [1.165, 1.54) is 24.5 Å². The monoisotopic (exact) mass is 570 g/mol. The van der Waals surface area contributed by atoms with Crippen molar-refractivity contribution in [2.45, 2.75) is 51.2 Å². The largest absolute Gasteiger partial charge is 0.416 e. The SMILES string of the molecule is CCO/N=C(/c1ccc(C(F)(F)F)cc1)C1CCN(C2(C)CCN(C(=O)c3c(Cl)cncc3Cl)CC2)CC1. The van der Waals surface area contributed by atoms with Gasteiger partial charge in [0.25, 0.3) is 5.91 Å². The second-order valence-electron chi connectivity index (χ2n) is 10.00. The number of halogens is 5.